The first-order valence-electron chi connectivity index (χ1n) is 12.0. The molecule has 1 heterocycles. The van der Waals surface area contributed by atoms with Gasteiger partial charge in [0.05, 0.1) is 4.91 Å². The maximum atomic E-state index is 12.7. The largest absolute Gasteiger partial charge is 0.489 e. The first kappa shape index (κ1) is 26.6. The maximum absolute atomic E-state index is 12.7. The van der Waals surface area contributed by atoms with Crippen LogP contribution in [0, 0.1) is 0 Å². The highest BCUT2D eigenvalue weighted by Crippen LogP contribution is 2.33. The van der Waals surface area contributed by atoms with Gasteiger partial charge in [-0.2, -0.15) is 0 Å². The molecule has 0 atom stereocenters. The molecule has 1 aliphatic rings. The first-order chi connectivity index (χ1) is 17.9. The van der Waals surface area contributed by atoms with Crippen molar-refractivity contribution in [3.8, 4) is 5.75 Å². The predicted octanol–water partition coefficient (Wildman–Crippen LogP) is 5.57. The molecule has 0 saturated carbocycles. The molecule has 1 amide bonds. The number of amides is 1. The normalized spacial score (nSPS) is 14.5. The summed E-state index contributed by atoms with van der Waals surface area (Å²) < 4.78 is 6.48. The lowest BCUT2D eigenvalue weighted by Crippen LogP contribution is -2.33. The van der Waals surface area contributed by atoms with Gasteiger partial charge in [0.15, 0.2) is 0 Å². The lowest BCUT2D eigenvalue weighted by molar-refractivity contribution is -0.140. The van der Waals surface area contributed by atoms with Gasteiger partial charge < -0.3 is 9.84 Å². The van der Waals surface area contributed by atoms with E-state index >= 15 is 0 Å². The minimum atomic E-state index is -1.10. The Morgan fingerprint density at radius 2 is 1.70 bits per heavy atom. The zero-order chi connectivity index (χ0) is 26.2. The molecule has 0 spiro atoms. The summed E-state index contributed by atoms with van der Waals surface area (Å²) in [6.45, 7) is 4.46. The molecular weight excluding hydrogens is 504 g/mol. The van der Waals surface area contributed by atoms with Crippen molar-refractivity contribution >= 4 is 46.3 Å². The van der Waals surface area contributed by atoms with E-state index < -0.39 is 12.5 Å². The molecule has 0 aliphatic carbocycles. The van der Waals surface area contributed by atoms with Gasteiger partial charge in [0.2, 0.25) is 0 Å². The Morgan fingerprint density at radius 3 is 2.35 bits per heavy atom. The predicted molar refractivity (Wildman–Crippen MR) is 151 cm³/mol. The standard InChI is InChI=1S/C29H28N2O4S2/c1-2-30(17-21-9-5-3-6-10-21)18-24-15-23(13-14-25(24)35-20-22-11-7-4-8-12-22)16-26-28(34)31(19-27(32)33)29(36)37-26/h3-16H,2,17-20H2,1H3,(H,32,33). The van der Waals surface area contributed by atoms with E-state index in [1.54, 1.807) is 6.08 Å². The molecule has 3 aromatic rings. The van der Waals surface area contributed by atoms with E-state index in [-0.39, 0.29) is 10.2 Å². The van der Waals surface area contributed by atoms with Crippen LogP contribution >= 0.6 is 24.0 Å². The Balaban J connectivity index is 1.59. The molecule has 1 N–H and O–H groups in total. The molecule has 0 bridgehead atoms. The SMILES string of the molecule is CCN(Cc1ccccc1)Cc1cc(C=C2SC(=S)N(CC(=O)O)C2=O)ccc1OCc1ccccc1. The molecule has 6 nitrogen and oxygen atoms in total. The summed E-state index contributed by atoms with van der Waals surface area (Å²) in [7, 11) is 0. The Morgan fingerprint density at radius 1 is 1.03 bits per heavy atom. The van der Waals surface area contributed by atoms with Crippen LogP contribution in [-0.4, -0.2) is 44.2 Å². The van der Waals surface area contributed by atoms with Crippen molar-refractivity contribution in [2.45, 2.75) is 26.6 Å². The Labute approximate surface area is 226 Å². The molecule has 0 radical (unpaired) electrons. The highest BCUT2D eigenvalue weighted by atomic mass is 32.2. The van der Waals surface area contributed by atoms with Crippen LogP contribution in [0.2, 0.25) is 0 Å². The third-order valence-electron chi connectivity index (χ3n) is 5.88. The summed E-state index contributed by atoms with van der Waals surface area (Å²) in [6.07, 6.45) is 1.76. The van der Waals surface area contributed by atoms with Crippen LogP contribution < -0.4 is 4.74 Å². The molecule has 1 saturated heterocycles. The van der Waals surface area contributed by atoms with Gasteiger partial charge in [0.1, 0.15) is 23.2 Å². The molecule has 3 aromatic carbocycles. The van der Waals surface area contributed by atoms with Gasteiger partial charge in [-0.1, -0.05) is 97.6 Å². The van der Waals surface area contributed by atoms with Crippen molar-refractivity contribution in [2.75, 3.05) is 13.1 Å². The van der Waals surface area contributed by atoms with Crippen molar-refractivity contribution in [1.29, 1.82) is 0 Å². The molecule has 190 valence electrons. The lowest BCUT2D eigenvalue weighted by Gasteiger charge is -2.22. The van der Waals surface area contributed by atoms with Gasteiger partial charge in [0, 0.05) is 18.7 Å². The average Bonchev–Trinajstić information content (AvgIpc) is 3.16. The van der Waals surface area contributed by atoms with E-state index in [0.29, 0.717) is 18.1 Å². The molecule has 4 rings (SSSR count). The number of carbonyl (C=O) groups excluding carboxylic acids is 1. The Bertz CT molecular complexity index is 1300. The third kappa shape index (κ3) is 7.29. The van der Waals surface area contributed by atoms with Crippen molar-refractivity contribution in [3.63, 3.8) is 0 Å². The van der Waals surface area contributed by atoms with Crippen molar-refractivity contribution in [1.82, 2.24) is 9.80 Å². The zero-order valence-corrected chi connectivity index (χ0v) is 22.1. The van der Waals surface area contributed by atoms with Crippen LogP contribution in [0.5, 0.6) is 5.75 Å². The van der Waals surface area contributed by atoms with Crippen LogP contribution in [0.15, 0.2) is 83.8 Å². The van der Waals surface area contributed by atoms with Gasteiger partial charge >= 0.3 is 5.97 Å². The molecule has 0 unspecified atom stereocenters. The molecule has 0 aromatic heterocycles. The molecule has 1 fully saturated rings. The fraction of sp³-hybridized carbons (Fsp3) is 0.207. The number of hydrogen-bond acceptors (Lipinski definition) is 6. The molecule has 37 heavy (non-hydrogen) atoms. The second-order valence-electron chi connectivity index (χ2n) is 8.59. The number of ether oxygens (including phenoxy) is 1. The summed E-state index contributed by atoms with van der Waals surface area (Å²) in [6, 6.07) is 26.2. The number of aliphatic carboxylic acids is 1. The van der Waals surface area contributed by atoms with Gasteiger partial charge in [-0.3, -0.25) is 19.4 Å². The lowest BCUT2D eigenvalue weighted by atomic mass is 10.1. The topological polar surface area (TPSA) is 70.1 Å². The number of carboxylic acid groups (broad SMARTS) is 1. The highest BCUT2D eigenvalue weighted by molar-refractivity contribution is 8.26. The van der Waals surface area contributed by atoms with Crippen LogP contribution in [-0.2, 0) is 29.3 Å². The smallest absolute Gasteiger partial charge is 0.323 e. The molecule has 1 aliphatic heterocycles. The fourth-order valence-electron chi connectivity index (χ4n) is 3.97. The number of benzene rings is 3. The number of hydrogen-bond donors (Lipinski definition) is 1. The van der Waals surface area contributed by atoms with Gasteiger partial charge in [-0.25, -0.2) is 0 Å². The van der Waals surface area contributed by atoms with Gasteiger partial charge in [-0.15, -0.1) is 0 Å². The van der Waals surface area contributed by atoms with Crippen molar-refractivity contribution in [3.05, 3.63) is 106 Å². The molecular formula is C29H28N2O4S2. The number of thioether (sulfide) groups is 1. The number of thiocarbonyl (C=S) groups is 1. The summed E-state index contributed by atoms with van der Waals surface area (Å²) in [4.78, 5) is 27.7. The van der Waals surface area contributed by atoms with E-state index in [1.165, 1.54) is 5.56 Å². The monoisotopic (exact) mass is 532 g/mol. The van der Waals surface area contributed by atoms with E-state index in [9.17, 15) is 9.59 Å². The van der Waals surface area contributed by atoms with E-state index in [0.717, 1.165) is 52.2 Å². The van der Waals surface area contributed by atoms with Crippen LogP contribution in [0.4, 0.5) is 0 Å². The Hall–Kier alpha value is -3.46. The number of carboxylic acids is 1. The number of carbonyl (C=O) groups is 2. The summed E-state index contributed by atoms with van der Waals surface area (Å²) >= 11 is 6.35. The highest BCUT2D eigenvalue weighted by Gasteiger charge is 2.33. The van der Waals surface area contributed by atoms with E-state index in [1.807, 2.05) is 66.7 Å². The van der Waals surface area contributed by atoms with Crippen molar-refractivity contribution < 1.29 is 19.4 Å². The van der Waals surface area contributed by atoms with E-state index in [4.69, 9.17) is 22.1 Å². The average molecular weight is 533 g/mol. The van der Waals surface area contributed by atoms with Crippen molar-refractivity contribution in [2.24, 2.45) is 0 Å². The second-order valence-corrected chi connectivity index (χ2v) is 10.3. The first-order valence-corrected chi connectivity index (χ1v) is 13.2. The van der Waals surface area contributed by atoms with Crippen LogP contribution in [0.25, 0.3) is 6.08 Å². The number of nitrogens with zero attached hydrogens (tertiary/aromatic N) is 2. The van der Waals surface area contributed by atoms with Crippen LogP contribution in [0.1, 0.15) is 29.2 Å². The zero-order valence-electron chi connectivity index (χ0n) is 20.5. The Kier molecular flexibility index (Phi) is 9.11. The summed E-state index contributed by atoms with van der Waals surface area (Å²) in [5.74, 6) is -0.702. The van der Waals surface area contributed by atoms with Crippen LogP contribution in [0.3, 0.4) is 0 Å². The molecule has 8 heteroatoms. The summed E-state index contributed by atoms with van der Waals surface area (Å²) in [5.41, 5.74) is 4.14. The van der Waals surface area contributed by atoms with E-state index in [2.05, 4.69) is 24.0 Å². The van der Waals surface area contributed by atoms with Gasteiger partial charge in [0.25, 0.3) is 5.91 Å². The van der Waals surface area contributed by atoms with Gasteiger partial charge in [-0.05, 0) is 41.4 Å². The third-order valence-corrected chi connectivity index (χ3v) is 7.25. The quantitative estimate of drug-likeness (QED) is 0.256. The second kappa shape index (κ2) is 12.7. The number of rotatable bonds is 11. The maximum Gasteiger partial charge on any atom is 0.323 e. The minimum Gasteiger partial charge on any atom is -0.489 e. The summed E-state index contributed by atoms with van der Waals surface area (Å²) in [5, 5.41) is 9.10. The fourth-order valence-corrected chi connectivity index (χ4v) is 5.23. The minimum absolute atomic E-state index is 0.252.